The Hall–Kier alpha value is -1.42. The van der Waals surface area contributed by atoms with E-state index >= 15 is 0 Å². The molecule has 0 unspecified atom stereocenters. The summed E-state index contributed by atoms with van der Waals surface area (Å²) < 4.78 is 0. The third-order valence-electron chi connectivity index (χ3n) is 1.86. The number of para-hydroxylation sites is 1. The zero-order valence-corrected chi connectivity index (χ0v) is 7.67. The van der Waals surface area contributed by atoms with Gasteiger partial charge in [0.25, 0.3) is 0 Å². The van der Waals surface area contributed by atoms with E-state index in [0.29, 0.717) is 11.5 Å². The lowest BCUT2D eigenvalue weighted by atomic mass is 10.3. The van der Waals surface area contributed by atoms with E-state index in [9.17, 15) is 4.79 Å². The van der Waals surface area contributed by atoms with Gasteiger partial charge in [-0.05, 0) is 12.1 Å². The minimum atomic E-state index is -0.142. The Kier molecular flexibility index (Phi) is 1.98. The van der Waals surface area contributed by atoms with Crippen molar-refractivity contribution in [3.05, 3.63) is 30.3 Å². The van der Waals surface area contributed by atoms with Crippen LogP contribution in [0, 0.1) is 0 Å². The zero-order valence-electron chi connectivity index (χ0n) is 6.86. The molecule has 1 fully saturated rings. The molecule has 0 atom stereocenters. The summed E-state index contributed by atoms with van der Waals surface area (Å²) in [5.74, 6) is 0. The van der Waals surface area contributed by atoms with Crippen molar-refractivity contribution >= 4 is 28.9 Å². The summed E-state index contributed by atoms with van der Waals surface area (Å²) in [7, 11) is 0. The number of urea groups is 1. The van der Waals surface area contributed by atoms with Crippen LogP contribution in [0.3, 0.4) is 0 Å². The van der Waals surface area contributed by atoms with E-state index in [0.717, 1.165) is 5.69 Å². The van der Waals surface area contributed by atoms with Gasteiger partial charge in [0.05, 0.1) is 12.2 Å². The summed E-state index contributed by atoms with van der Waals surface area (Å²) in [5, 5.41) is 2.66. The summed E-state index contributed by atoms with van der Waals surface area (Å²) in [5.41, 5.74) is 0.822. The Bertz CT molecular complexity index is 334. The second-order valence-corrected chi connectivity index (χ2v) is 3.19. The molecule has 1 aromatic carbocycles. The van der Waals surface area contributed by atoms with Crippen LogP contribution in [0.25, 0.3) is 0 Å². The fourth-order valence-electron chi connectivity index (χ4n) is 1.26. The van der Waals surface area contributed by atoms with Crippen molar-refractivity contribution in [1.82, 2.24) is 5.32 Å². The van der Waals surface area contributed by atoms with Crippen LogP contribution in [0.2, 0.25) is 0 Å². The first-order valence-corrected chi connectivity index (χ1v) is 4.36. The maximum atomic E-state index is 11.3. The van der Waals surface area contributed by atoms with Crippen LogP contribution in [0.4, 0.5) is 10.5 Å². The van der Waals surface area contributed by atoms with E-state index < -0.39 is 0 Å². The molecule has 1 heterocycles. The molecule has 1 N–H and O–H groups in total. The quantitative estimate of drug-likeness (QED) is 0.684. The normalized spacial score (nSPS) is 16.2. The minimum Gasteiger partial charge on any atom is -0.331 e. The van der Waals surface area contributed by atoms with Crippen molar-refractivity contribution in [2.75, 3.05) is 11.4 Å². The van der Waals surface area contributed by atoms with Crippen LogP contribution in [0.5, 0.6) is 0 Å². The molecule has 1 saturated heterocycles. The average molecular weight is 192 g/mol. The first kappa shape index (κ1) is 8.19. The number of hydrogen-bond donors (Lipinski definition) is 1. The van der Waals surface area contributed by atoms with Crippen LogP contribution in [0.1, 0.15) is 0 Å². The van der Waals surface area contributed by atoms with Gasteiger partial charge in [-0.1, -0.05) is 30.4 Å². The second-order valence-electron chi connectivity index (χ2n) is 2.72. The number of nitrogens with one attached hydrogen (secondary N) is 1. The molecule has 0 bridgehead atoms. The lowest BCUT2D eigenvalue weighted by Gasteiger charge is -2.13. The number of nitrogens with zero attached hydrogens (tertiary/aromatic N) is 1. The monoisotopic (exact) mass is 192 g/mol. The average Bonchev–Trinajstić information content (AvgIpc) is 2.48. The van der Waals surface area contributed by atoms with Crippen LogP contribution in [-0.2, 0) is 0 Å². The van der Waals surface area contributed by atoms with Gasteiger partial charge in [0, 0.05) is 0 Å². The minimum absolute atomic E-state index is 0.142. The molecule has 0 aromatic heterocycles. The molecule has 0 spiro atoms. The second kappa shape index (κ2) is 3.14. The molecule has 1 aliphatic heterocycles. The van der Waals surface area contributed by atoms with Gasteiger partial charge in [-0.15, -0.1) is 0 Å². The van der Waals surface area contributed by atoms with E-state index in [4.69, 9.17) is 12.2 Å². The topological polar surface area (TPSA) is 32.3 Å². The number of hydrogen-bond acceptors (Lipinski definition) is 2. The molecule has 2 amide bonds. The summed E-state index contributed by atoms with van der Waals surface area (Å²) in [6.07, 6.45) is 0. The molecular formula is C9H8N2OS. The summed E-state index contributed by atoms with van der Waals surface area (Å²) in [4.78, 5) is 13.4. The van der Waals surface area contributed by atoms with Crippen molar-refractivity contribution in [2.45, 2.75) is 0 Å². The van der Waals surface area contributed by atoms with Crippen molar-refractivity contribution in [3.8, 4) is 0 Å². The third kappa shape index (κ3) is 1.40. The molecular weight excluding hydrogens is 184 g/mol. The van der Waals surface area contributed by atoms with Gasteiger partial charge in [0.2, 0.25) is 0 Å². The molecule has 0 aliphatic carbocycles. The van der Waals surface area contributed by atoms with Crippen LogP contribution in [0.15, 0.2) is 30.3 Å². The first-order valence-electron chi connectivity index (χ1n) is 3.95. The molecule has 2 rings (SSSR count). The highest BCUT2D eigenvalue weighted by Crippen LogP contribution is 2.16. The highest BCUT2D eigenvalue weighted by molar-refractivity contribution is 7.80. The van der Waals surface area contributed by atoms with Crippen molar-refractivity contribution in [3.63, 3.8) is 0 Å². The number of thiocarbonyl (C=S) groups is 1. The molecule has 3 nitrogen and oxygen atoms in total. The lowest BCUT2D eigenvalue weighted by Crippen LogP contribution is -2.29. The van der Waals surface area contributed by atoms with Gasteiger partial charge in [-0.2, -0.15) is 0 Å². The largest absolute Gasteiger partial charge is 0.331 e. The Balaban J connectivity index is 2.36. The highest BCUT2D eigenvalue weighted by Gasteiger charge is 2.26. The summed E-state index contributed by atoms with van der Waals surface area (Å²) >= 11 is 5.04. The molecule has 66 valence electrons. The molecule has 1 aromatic rings. The maximum absolute atomic E-state index is 11.3. The van der Waals surface area contributed by atoms with Gasteiger partial charge in [0.1, 0.15) is 4.99 Å². The van der Waals surface area contributed by atoms with E-state index in [-0.39, 0.29) is 6.03 Å². The molecule has 0 saturated carbocycles. The van der Waals surface area contributed by atoms with Crippen molar-refractivity contribution < 1.29 is 4.79 Å². The van der Waals surface area contributed by atoms with E-state index in [1.807, 2.05) is 30.3 Å². The van der Waals surface area contributed by atoms with E-state index in [1.165, 1.54) is 4.90 Å². The zero-order chi connectivity index (χ0) is 9.26. The van der Waals surface area contributed by atoms with E-state index in [2.05, 4.69) is 5.32 Å². The van der Waals surface area contributed by atoms with Gasteiger partial charge in [0.15, 0.2) is 0 Å². The number of benzene rings is 1. The number of anilines is 1. The fraction of sp³-hybridized carbons (Fsp3) is 0.111. The SMILES string of the molecule is O=C1NCC(=S)N1c1ccccc1. The predicted molar refractivity (Wildman–Crippen MR) is 54.9 cm³/mol. The number of carbonyl (C=O) groups is 1. The van der Waals surface area contributed by atoms with Gasteiger partial charge in [-0.3, -0.25) is 4.90 Å². The van der Waals surface area contributed by atoms with Crippen molar-refractivity contribution in [1.29, 1.82) is 0 Å². The predicted octanol–water partition coefficient (Wildman–Crippen LogP) is 1.54. The first-order chi connectivity index (χ1) is 6.29. The highest BCUT2D eigenvalue weighted by atomic mass is 32.1. The third-order valence-corrected chi connectivity index (χ3v) is 2.18. The Morgan fingerprint density at radius 2 is 2.00 bits per heavy atom. The summed E-state index contributed by atoms with van der Waals surface area (Å²) in [6, 6.07) is 9.23. The number of rotatable bonds is 1. The van der Waals surface area contributed by atoms with Crippen LogP contribution in [-0.4, -0.2) is 17.6 Å². The van der Waals surface area contributed by atoms with Crippen LogP contribution >= 0.6 is 12.2 Å². The Morgan fingerprint density at radius 1 is 1.31 bits per heavy atom. The molecule has 13 heavy (non-hydrogen) atoms. The van der Waals surface area contributed by atoms with Gasteiger partial charge < -0.3 is 5.32 Å². The smallest absolute Gasteiger partial charge is 0.327 e. The van der Waals surface area contributed by atoms with Gasteiger partial charge >= 0.3 is 6.03 Å². The Labute approximate surface area is 81.4 Å². The van der Waals surface area contributed by atoms with Crippen molar-refractivity contribution in [2.24, 2.45) is 0 Å². The standard InChI is InChI=1S/C9H8N2OS/c12-9-10-6-8(13)11(9)7-4-2-1-3-5-7/h1-5H,6H2,(H,10,12). The Morgan fingerprint density at radius 3 is 2.54 bits per heavy atom. The fourth-order valence-corrected chi connectivity index (χ4v) is 1.52. The number of carbonyl (C=O) groups excluding carboxylic acids is 1. The molecule has 4 heteroatoms. The van der Waals surface area contributed by atoms with Crippen LogP contribution < -0.4 is 10.2 Å². The number of amides is 2. The van der Waals surface area contributed by atoms with E-state index in [1.54, 1.807) is 0 Å². The van der Waals surface area contributed by atoms with Gasteiger partial charge in [-0.25, -0.2) is 4.79 Å². The maximum Gasteiger partial charge on any atom is 0.327 e. The summed E-state index contributed by atoms with van der Waals surface area (Å²) in [6.45, 7) is 0.461. The molecule has 0 radical (unpaired) electrons. The molecule has 1 aliphatic rings. The lowest BCUT2D eigenvalue weighted by molar-refractivity contribution is 0.252.